The molecule has 1 N–H and O–H groups in total. The number of nitrogens with one attached hydrogen (secondary N) is 1. The van der Waals surface area contributed by atoms with Gasteiger partial charge in [-0.3, -0.25) is 0 Å². The average molecular weight is 347 g/mol. The van der Waals surface area contributed by atoms with Gasteiger partial charge in [-0.15, -0.1) is 0 Å². The van der Waals surface area contributed by atoms with Gasteiger partial charge < -0.3 is 5.32 Å². The fraction of sp³-hybridized carbons (Fsp3) is 0.538. The van der Waals surface area contributed by atoms with Gasteiger partial charge in [-0.05, 0) is 43.4 Å². The molecule has 0 amide bonds. The van der Waals surface area contributed by atoms with Gasteiger partial charge in [0.25, 0.3) is 0 Å². The first-order chi connectivity index (χ1) is 7.56. The van der Waals surface area contributed by atoms with Crippen LogP contribution in [0.3, 0.4) is 0 Å². The lowest BCUT2D eigenvalue weighted by atomic mass is 9.81. The van der Waals surface area contributed by atoms with Crippen LogP contribution in [0.1, 0.15) is 38.3 Å². The van der Waals surface area contributed by atoms with Crippen LogP contribution in [-0.4, -0.2) is 6.04 Å². The molecule has 1 aromatic carbocycles. The summed E-state index contributed by atoms with van der Waals surface area (Å²) in [5.74, 6) is 0.901. The second-order valence-electron chi connectivity index (χ2n) is 4.83. The third-order valence-corrected chi connectivity index (χ3v) is 4.47. The van der Waals surface area contributed by atoms with Gasteiger partial charge in [0, 0.05) is 21.0 Å². The predicted octanol–water partition coefficient (Wildman–Crippen LogP) is 4.66. The standard InChI is InChI=1S/C13H17Br2N/c1-8-5-11(6-8)16-9(2)12-4-3-10(14)7-13(12)15/h3-4,7-9,11,16H,5-6H2,1-2H3. The van der Waals surface area contributed by atoms with Gasteiger partial charge in [-0.1, -0.05) is 44.8 Å². The molecule has 0 aliphatic heterocycles. The first-order valence-electron chi connectivity index (χ1n) is 5.77. The van der Waals surface area contributed by atoms with Gasteiger partial charge in [0.2, 0.25) is 0 Å². The highest BCUT2D eigenvalue weighted by atomic mass is 79.9. The molecule has 1 saturated carbocycles. The molecule has 88 valence electrons. The van der Waals surface area contributed by atoms with E-state index < -0.39 is 0 Å². The zero-order chi connectivity index (χ0) is 11.7. The monoisotopic (exact) mass is 345 g/mol. The maximum absolute atomic E-state index is 3.68. The number of hydrogen-bond donors (Lipinski definition) is 1. The Kier molecular flexibility index (Phi) is 4.09. The molecular formula is C13H17Br2N. The quantitative estimate of drug-likeness (QED) is 0.839. The van der Waals surface area contributed by atoms with Gasteiger partial charge in [0.1, 0.15) is 0 Å². The van der Waals surface area contributed by atoms with Crippen molar-refractivity contribution >= 4 is 31.9 Å². The van der Waals surface area contributed by atoms with E-state index in [1.165, 1.54) is 22.9 Å². The molecule has 1 fully saturated rings. The summed E-state index contributed by atoms with van der Waals surface area (Å²) < 4.78 is 2.29. The maximum Gasteiger partial charge on any atom is 0.0305 e. The van der Waals surface area contributed by atoms with Crippen molar-refractivity contribution in [3.63, 3.8) is 0 Å². The van der Waals surface area contributed by atoms with E-state index >= 15 is 0 Å². The molecule has 1 aromatic rings. The zero-order valence-electron chi connectivity index (χ0n) is 9.63. The van der Waals surface area contributed by atoms with E-state index in [9.17, 15) is 0 Å². The van der Waals surface area contributed by atoms with Gasteiger partial charge in [-0.2, -0.15) is 0 Å². The second kappa shape index (κ2) is 5.19. The largest absolute Gasteiger partial charge is 0.307 e. The van der Waals surface area contributed by atoms with Crippen LogP contribution >= 0.6 is 31.9 Å². The van der Waals surface area contributed by atoms with E-state index in [0.29, 0.717) is 12.1 Å². The highest BCUT2D eigenvalue weighted by molar-refractivity contribution is 9.11. The summed E-state index contributed by atoms with van der Waals surface area (Å²) in [5.41, 5.74) is 1.34. The Balaban J connectivity index is 2.00. The van der Waals surface area contributed by atoms with Crippen LogP contribution in [0, 0.1) is 5.92 Å². The molecule has 0 saturated heterocycles. The molecule has 0 bridgehead atoms. The van der Waals surface area contributed by atoms with Crippen molar-refractivity contribution in [2.45, 2.75) is 38.8 Å². The van der Waals surface area contributed by atoms with Crippen molar-refractivity contribution in [3.05, 3.63) is 32.7 Å². The predicted molar refractivity (Wildman–Crippen MR) is 75.6 cm³/mol. The minimum Gasteiger partial charge on any atom is -0.307 e. The number of rotatable bonds is 3. The molecule has 2 rings (SSSR count). The van der Waals surface area contributed by atoms with Crippen LogP contribution in [0.2, 0.25) is 0 Å². The molecule has 0 heterocycles. The minimum absolute atomic E-state index is 0.417. The molecule has 1 nitrogen and oxygen atoms in total. The molecule has 0 spiro atoms. The molecule has 3 heteroatoms. The van der Waals surface area contributed by atoms with Crippen LogP contribution in [0.15, 0.2) is 27.1 Å². The third kappa shape index (κ3) is 2.88. The van der Waals surface area contributed by atoms with Crippen LogP contribution in [0.4, 0.5) is 0 Å². The van der Waals surface area contributed by atoms with Crippen LogP contribution in [-0.2, 0) is 0 Å². The summed E-state index contributed by atoms with van der Waals surface area (Å²) in [5, 5.41) is 3.68. The van der Waals surface area contributed by atoms with E-state index in [1.807, 2.05) is 0 Å². The molecule has 1 atom stereocenters. The molecular weight excluding hydrogens is 330 g/mol. The average Bonchev–Trinajstić information content (AvgIpc) is 2.15. The second-order valence-corrected chi connectivity index (χ2v) is 6.60. The number of halogens is 2. The van der Waals surface area contributed by atoms with Crippen LogP contribution in [0.5, 0.6) is 0 Å². The first-order valence-corrected chi connectivity index (χ1v) is 7.36. The van der Waals surface area contributed by atoms with Gasteiger partial charge in [-0.25, -0.2) is 0 Å². The molecule has 0 aromatic heterocycles. The van der Waals surface area contributed by atoms with E-state index in [2.05, 4.69) is 69.2 Å². The first kappa shape index (κ1) is 12.6. The summed E-state index contributed by atoms with van der Waals surface area (Å²) in [6.07, 6.45) is 2.64. The molecule has 1 unspecified atom stereocenters. The Bertz CT molecular complexity index is 372. The van der Waals surface area contributed by atoms with Crippen molar-refractivity contribution in [1.82, 2.24) is 5.32 Å². The Morgan fingerprint density at radius 3 is 2.56 bits per heavy atom. The van der Waals surface area contributed by atoms with E-state index in [1.54, 1.807) is 0 Å². The lowest BCUT2D eigenvalue weighted by molar-refractivity contribution is 0.226. The number of benzene rings is 1. The smallest absolute Gasteiger partial charge is 0.0305 e. The molecule has 16 heavy (non-hydrogen) atoms. The van der Waals surface area contributed by atoms with E-state index in [0.717, 1.165) is 10.4 Å². The third-order valence-electron chi connectivity index (χ3n) is 3.29. The zero-order valence-corrected chi connectivity index (χ0v) is 12.8. The lowest BCUT2D eigenvalue weighted by Gasteiger charge is -2.36. The lowest BCUT2D eigenvalue weighted by Crippen LogP contribution is -2.41. The van der Waals surface area contributed by atoms with Crippen LogP contribution < -0.4 is 5.32 Å². The summed E-state index contributed by atoms with van der Waals surface area (Å²) in [6, 6.07) is 7.51. The summed E-state index contributed by atoms with van der Waals surface area (Å²) in [6.45, 7) is 4.55. The van der Waals surface area contributed by atoms with Crippen molar-refractivity contribution in [2.75, 3.05) is 0 Å². The van der Waals surface area contributed by atoms with Crippen LogP contribution in [0.25, 0.3) is 0 Å². The van der Waals surface area contributed by atoms with Gasteiger partial charge >= 0.3 is 0 Å². The van der Waals surface area contributed by atoms with Gasteiger partial charge in [0.15, 0.2) is 0 Å². The Morgan fingerprint density at radius 2 is 2.00 bits per heavy atom. The molecule has 1 aliphatic carbocycles. The fourth-order valence-electron chi connectivity index (χ4n) is 2.33. The Hall–Kier alpha value is 0.140. The number of hydrogen-bond acceptors (Lipinski definition) is 1. The summed E-state index contributed by atoms with van der Waals surface area (Å²) in [4.78, 5) is 0. The summed E-state index contributed by atoms with van der Waals surface area (Å²) >= 11 is 7.10. The highest BCUT2D eigenvalue weighted by Gasteiger charge is 2.26. The topological polar surface area (TPSA) is 12.0 Å². The maximum atomic E-state index is 3.68. The van der Waals surface area contributed by atoms with E-state index in [-0.39, 0.29) is 0 Å². The minimum atomic E-state index is 0.417. The highest BCUT2D eigenvalue weighted by Crippen LogP contribution is 2.31. The van der Waals surface area contributed by atoms with Crippen molar-refractivity contribution < 1.29 is 0 Å². The Morgan fingerprint density at radius 1 is 1.31 bits per heavy atom. The van der Waals surface area contributed by atoms with Crippen molar-refractivity contribution in [3.8, 4) is 0 Å². The summed E-state index contributed by atoms with van der Waals surface area (Å²) in [7, 11) is 0. The fourth-order valence-corrected chi connectivity index (χ4v) is 3.72. The SMILES string of the molecule is CC1CC(NC(C)c2ccc(Br)cc2Br)C1. The van der Waals surface area contributed by atoms with Gasteiger partial charge in [0.05, 0.1) is 0 Å². The van der Waals surface area contributed by atoms with Crippen molar-refractivity contribution in [2.24, 2.45) is 5.92 Å². The molecule has 1 aliphatic rings. The van der Waals surface area contributed by atoms with E-state index in [4.69, 9.17) is 0 Å². The Labute approximate surface area is 114 Å². The normalized spacial score (nSPS) is 26.2. The van der Waals surface area contributed by atoms with Crippen molar-refractivity contribution in [1.29, 1.82) is 0 Å². The molecule has 0 radical (unpaired) electrons.